The first-order valence-corrected chi connectivity index (χ1v) is 10.6. The van der Waals surface area contributed by atoms with E-state index in [0.29, 0.717) is 10.0 Å². The molecule has 1 aliphatic heterocycles. The molecule has 7 heteroatoms. The Morgan fingerprint density at radius 1 is 1.24 bits per heavy atom. The topological polar surface area (TPSA) is 48.5 Å². The third-order valence-corrected chi connectivity index (χ3v) is 6.56. The molecule has 1 saturated heterocycles. The first kappa shape index (κ1) is 21.9. The average molecular weight is 435 g/mol. The molecule has 3 rings (SSSR count). The van der Waals surface area contributed by atoms with Gasteiger partial charge in [0.2, 0.25) is 0 Å². The molecule has 1 aliphatic rings. The van der Waals surface area contributed by atoms with Crippen LogP contribution in [0.1, 0.15) is 36.9 Å². The lowest BCUT2D eigenvalue weighted by Crippen LogP contribution is -2.48. The van der Waals surface area contributed by atoms with Crippen LogP contribution in [0.5, 0.6) is 0 Å². The van der Waals surface area contributed by atoms with Crippen molar-refractivity contribution in [1.82, 2.24) is 20.1 Å². The largest absolute Gasteiger partial charge is 0.331 e. The van der Waals surface area contributed by atoms with Crippen molar-refractivity contribution >= 4 is 29.2 Å². The van der Waals surface area contributed by atoms with Gasteiger partial charge in [-0.3, -0.25) is 4.98 Å². The van der Waals surface area contributed by atoms with Gasteiger partial charge >= 0.3 is 6.03 Å². The zero-order valence-corrected chi connectivity index (χ0v) is 18.9. The molecule has 2 amide bonds. The first-order valence-electron chi connectivity index (χ1n) is 9.89. The number of carbonyl (C=O) groups excluding carboxylic acids is 1. The first-order chi connectivity index (χ1) is 13.8. The highest BCUT2D eigenvalue weighted by atomic mass is 35.5. The fourth-order valence-electron chi connectivity index (χ4n) is 3.74. The standard InChI is InChI=1S/C22H28Cl2N4O/c1-14-11-16(13-25-12-14)19-6-5-18(20(23)21(19)24)15(2)26-22(29)28(4)17-7-9-27(3)10-8-17/h5-6,11-13,15,17H,7-10H2,1-4H3,(H,26,29). The van der Waals surface area contributed by atoms with Crippen LogP contribution in [0.25, 0.3) is 11.1 Å². The minimum atomic E-state index is -0.258. The Morgan fingerprint density at radius 2 is 1.93 bits per heavy atom. The molecule has 1 N–H and O–H groups in total. The quantitative estimate of drug-likeness (QED) is 0.722. The SMILES string of the molecule is Cc1cncc(-c2ccc(C(C)NC(=O)N(C)C3CCN(C)CC3)c(Cl)c2Cl)c1. The van der Waals surface area contributed by atoms with Crippen molar-refractivity contribution in [3.8, 4) is 11.1 Å². The number of carbonyl (C=O) groups is 1. The molecule has 0 saturated carbocycles. The van der Waals surface area contributed by atoms with E-state index in [-0.39, 0.29) is 18.1 Å². The Hall–Kier alpha value is -1.82. The van der Waals surface area contributed by atoms with Gasteiger partial charge in [-0.2, -0.15) is 0 Å². The normalized spacial score (nSPS) is 16.5. The fourth-order valence-corrected chi connectivity index (χ4v) is 4.35. The van der Waals surface area contributed by atoms with Crippen LogP contribution in [-0.2, 0) is 0 Å². The van der Waals surface area contributed by atoms with Gasteiger partial charge in [-0.15, -0.1) is 0 Å². The number of likely N-dealkylation sites (tertiary alicyclic amines) is 1. The van der Waals surface area contributed by atoms with Crippen LogP contribution in [0.4, 0.5) is 4.79 Å². The fraction of sp³-hybridized carbons (Fsp3) is 0.455. The Balaban J connectivity index is 1.73. The highest BCUT2D eigenvalue weighted by molar-refractivity contribution is 6.44. The van der Waals surface area contributed by atoms with Crippen LogP contribution in [0.2, 0.25) is 10.0 Å². The van der Waals surface area contributed by atoms with Crippen molar-refractivity contribution < 1.29 is 4.79 Å². The van der Waals surface area contributed by atoms with Crippen molar-refractivity contribution in [2.75, 3.05) is 27.2 Å². The number of urea groups is 1. The molecule has 5 nitrogen and oxygen atoms in total. The predicted molar refractivity (Wildman–Crippen MR) is 120 cm³/mol. The molecule has 1 aromatic carbocycles. The maximum Gasteiger partial charge on any atom is 0.317 e. The molecular formula is C22H28Cl2N4O. The number of halogens is 2. The van der Waals surface area contributed by atoms with Crippen molar-refractivity contribution in [2.45, 2.75) is 38.8 Å². The number of hydrogen-bond donors (Lipinski definition) is 1. The van der Waals surface area contributed by atoms with Crippen molar-refractivity contribution in [2.24, 2.45) is 0 Å². The summed E-state index contributed by atoms with van der Waals surface area (Å²) in [7, 11) is 3.97. The number of aromatic nitrogens is 1. The van der Waals surface area contributed by atoms with Crippen LogP contribution < -0.4 is 5.32 Å². The molecule has 1 aromatic heterocycles. The Morgan fingerprint density at radius 3 is 2.59 bits per heavy atom. The number of amides is 2. The number of rotatable bonds is 4. The van der Waals surface area contributed by atoms with E-state index in [4.69, 9.17) is 23.2 Å². The minimum Gasteiger partial charge on any atom is -0.331 e. The van der Waals surface area contributed by atoms with Crippen molar-refractivity contribution in [3.05, 3.63) is 51.8 Å². The second-order valence-corrected chi connectivity index (χ2v) is 8.65. The molecule has 2 heterocycles. The summed E-state index contributed by atoms with van der Waals surface area (Å²) in [6.45, 7) is 5.92. The molecule has 0 aliphatic carbocycles. The molecule has 0 radical (unpaired) electrons. The highest BCUT2D eigenvalue weighted by Gasteiger charge is 2.25. The number of hydrogen-bond acceptors (Lipinski definition) is 3. The van der Waals surface area contributed by atoms with E-state index in [2.05, 4.69) is 22.2 Å². The summed E-state index contributed by atoms with van der Waals surface area (Å²) in [5.41, 5.74) is 3.60. The van der Waals surface area contributed by atoms with E-state index in [1.165, 1.54) is 0 Å². The minimum absolute atomic E-state index is 0.0915. The maximum atomic E-state index is 12.7. The van der Waals surface area contributed by atoms with Gasteiger partial charge in [-0.25, -0.2) is 4.79 Å². The number of aryl methyl sites for hydroxylation is 1. The lowest BCUT2D eigenvalue weighted by atomic mass is 10.0. The number of pyridine rings is 1. The summed E-state index contributed by atoms with van der Waals surface area (Å²) < 4.78 is 0. The Bertz CT molecular complexity index is 881. The molecule has 1 fully saturated rings. The molecular weight excluding hydrogens is 407 g/mol. The van der Waals surface area contributed by atoms with Gasteiger partial charge in [0.25, 0.3) is 0 Å². The molecule has 1 atom stereocenters. The zero-order valence-electron chi connectivity index (χ0n) is 17.4. The maximum absolute atomic E-state index is 12.7. The smallest absolute Gasteiger partial charge is 0.317 e. The number of benzene rings is 1. The summed E-state index contributed by atoms with van der Waals surface area (Å²) in [6, 6.07) is 5.78. The Kier molecular flexibility index (Phi) is 7.04. The summed E-state index contributed by atoms with van der Waals surface area (Å²) in [5, 5.41) is 3.99. The zero-order chi connectivity index (χ0) is 21.1. The number of piperidine rings is 1. The summed E-state index contributed by atoms with van der Waals surface area (Å²) in [5.74, 6) is 0. The van der Waals surface area contributed by atoms with Crippen molar-refractivity contribution in [3.63, 3.8) is 0 Å². The summed E-state index contributed by atoms with van der Waals surface area (Å²) in [4.78, 5) is 21.1. The van der Waals surface area contributed by atoms with Gasteiger partial charge in [0.15, 0.2) is 0 Å². The van der Waals surface area contributed by atoms with Crippen LogP contribution in [0.3, 0.4) is 0 Å². The van der Waals surface area contributed by atoms with E-state index in [0.717, 1.165) is 48.2 Å². The second-order valence-electron chi connectivity index (χ2n) is 7.90. The second kappa shape index (κ2) is 9.33. The third-order valence-electron chi connectivity index (χ3n) is 5.66. The van der Waals surface area contributed by atoms with Gasteiger partial charge in [-0.05, 0) is 64.0 Å². The summed E-state index contributed by atoms with van der Waals surface area (Å²) in [6.07, 6.45) is 5.54. The van der Waals surface area contributed by atoms with E-state index in [9.17, 15) is 4.79 Å². The van der Waals surface area contributed by atoms with E-state index >= 15 is 0 Å². The molecule has 1 unspecified atom stereocenters. The summed E-state index contributed by atoms with van der Waals surface area (Å²) >= 11 is 13.2. The van der Waals surface area contributed by atoms with E-state index in [1.54, 1.807) is 12.4 Å². The monoisotopic (exact) mass is 434 g/mol. The van der Waals surface area contributed by atoms with Gasteiger partial charge in [-0.1, -0.05) is 35.3 Å². The lowest BCUT2D eigenvalue weighted by Gasteiger charge is -2.35. The van der Waals surface area contributed by atoms with E-state index in [1.807, 2.05) is 44.0 Å². The van der Waals surface area contributed by atoms with Gasteiger partial charge in [0.05, 0.1) is 16.1 Å². The van der Waals surface area contributed by atoms with Crippen LogP contribution in [-0.4, -0.2) is 54.0 Å². The van der Waals surface area contributed by atoms with Crippen LogP contribution in [0.15, 0.2) is 30.6 Å². The Labute approximate surface area is 183 Å². The molecule has 0 bridgehead atoms. The molecule has 156 valence electrons. The van der Waals surface area contributed by atoms with Crippen LogP contribution >= 0.6 is 23.2 Å². The molecule has 0 spiro atoms. The predicted octanol–water partition coefficient (Wildman–Crippen LogP) is 5.16. The van der Waals surface area contributed by atoms with E-state index < -0.39 is 0 Å². The average Bonchev–Trinajstić information content (AvgIpc) is 2.69. The molecule has 29 heavy (non-hydrogen) atoms. The number of nitrogens with zero attached hydrogens (tertiary/aromatic N) is 3. The van der Waals surface area contributed by atoms with Gasteiger partial charge in [0.1, 0.15) is 0 Å². The van der Waals surface area contributed by atoms with Crippen LogP contribution in [0, 0.1) is 6.92 Å². The van der Waals surface area contributed by atoms with Gasteiger partial charge < -0.3 is 15.1 Å². The highest BCUT2D eigenvalue weighted by Crippen LogP contribution is 2.38. The third kappa shape index (κ3) is 5.03. The lowest BCUT2D eigenvalue weighted by molar-refractivity contribution is 0.146. The van der Waals surface area contributed by atoms with Crippen molar-refractivity contribution in [1.29, 1.82) is 0 Å². The van der Waals surface area contributed by atoms with Gasteiger partial charge in [0, 0.05) is 36.6 Å². The molecule has 2 aromatic rings. The number of nitrogens with one attached hydrogen (secondary N) is 1.